The summed E-state index contributed by atoms with van der Waals surface area (Å²) in [6, 6.07) is -0.287. The van der Waals surface area contributed by atoms with Gasteiger partial charge in [0.25, 0.3) is 0 Å². The van der Waals surface area contributed by atoms with E-state index < -0.39 is 18.2 Å². The van der Waals surface area contributed by atoms with Crippen LogP contribution >= 0.6 is 0 Å². The van der Waals surface area contributed by atoms with Crippen LogP contribution < -0.4 is 5.32 Å². The molecule has 0 aromatic rings. The van der Waals surface area contributed by atoms with Gasteiger partial charge in [-0.25, -0.2) is 0 Å². The summed E-state index contributed by atoms with van der Waals surface area (Å²) in [7, 11) is 0. The molecule has 2 fully saturated rings. The van der Waals surface area contributed by atoms with E-state index in [0.29, 0.717) is 6.04 Å². The standard InChI is InChI=1S/C22H42N2O4/c1-15(26)24-11-7-6-8-16(24)9-10-21(2,3)14-22(4,5)12-17-19(27)20(28)18(13-25)23-17/h16-20,23,25,27-28H,6-14H2,1-5H3. The number of amides is 1. The minimum Gasteiger partial charge on any atom is -0.395 e. The molecule has 2 aliphatic heterocycles. The number of carbonyl (C=O) groups excluding carboxylic acids is 1. The third kappa shape index (κ3) is 6.15. The molecule has 164 valence electrons. The van der Waals surface area contributed by atoms with Crippen molar-refractivity contribution in [3.05, 3.63) is 0 Å². The van der Waals surface area contributed by atoms with Crippen LogP contribution in [-0.2, 0) is 4.79 Å². The lowest BCUT2D eigenvalue weighted by molar-refractivity contribution is -0.132. The van der Waals surface area contributed by atoms with E-state index >= 15 is 0 Å². The summed E-state index contributed by atoms with van der Waals surface area (Å²) in [6.45, 7) is 11.4. The van der Waals surface area contributed by atoms with E-state index in [2.05, 4.69) is 37.9 Å². The second kappa shape index (κ2) is 9.41. The molecule has 4 N–H and O–H groups in total. The monoisotopic (exact) mass is 398 g/mol. The molecular formula is C22H42N2O4. The highest BCUT2D eigenvalue weighted by atomic mass is 16.3. The maximum atomic E-state index is 11.9. The van der Waals surface area contributed by atoms with E-state index in [4.69, 9.17) is 0 Å². The van der Waals surface area contributed by atoms with Crippen LogP contribution in [0.1, 0.15) is 79.6 Å². The second-order valence-corrected chi connectivity index (χ2v) is 10.7. The predicted molar refractivity (Wildman–Crippen MR) is 111 cm³/mol. The Bertz CT molecular complexity index is 523. The van der Waals surface area contributed by atoms with Crippen LogP contribution in [0, 0.1) is 10.8 Å². The molecule has 5 atom stereocenters. The summed E-state index contributed by atoms with van der Waals surface area (Å²) in [6.07, 6.45) is 5.52. The lowest BCUT2D eigenvalue weighted by atomic mass is 9.69. The van der Waals surface area contributed by atoms with Gasteiger partial charge in [0, 0.05) is 25.6 Å². The van der Waals surface area contributed by atoms with Crippen LogP contribution in [0.2, 0.25) is 0 Å². The van der Waals surface area contributed by atoms with Crippen LogP contribution in [0.15, 0.2) is 0 Å². The highest BCUT2D eigenvalue weighted by Gasteiger charge is 2.43. The lowest BCUT2D eigenvalue weighted by Crippen LogP contribution is -2.43. The van der Waals surface area contributed by atoms with Crippen LogP contribution in [0.3, 0.4) is 0 Å². The van der Waals surface area contributed by atoms with E-state index in [1.165, 1.54) is 6.42 Å². The molecule has 6 nitrogen and oxygen atoms in total. The van der Waals surface area contributed by atoms with Gasteiger partial charge in [-0.05, 0) is 55.8 Å². The molecule has 0 saturated carbocycles. The van der Waals surface area contributed by atoms with E-state index in [0.717, 1.165) is 45.1 Å². The quantitative estimate of drug-likeness (QED) is 0.502. The molecule has 0 radical (unpaired) electrons. The number of aliphatic hydroxyl groups is 3. The molecule has 0 aliphatic carbocycles. The molecule has 2 rings (SSSR count). The highest BCUT2D eigenvalue weighted by Crippen LogP contribution is 2.42. The fraction of sp³-hybridized carbons (Fsp3) is 0.955. The molecule has 5 unspecified atom stereocenters. The summed E-state index contributed by atoms with van der Waals surface area (Å²) in [5, 5.41) is 32.9. The first-order chi connectivity index (χ1) is 13.0. The first-order valence-electron chi connectivity index (χ1n) is 11.0. The maximum absolute atomic E-state index is 11.9. The van der Waals surface area contributed by atoms with Gasteiger partial charge in [-0.2, -0.15) is 0 Å². The molecule has 28 heavy (non-hydrogen) atoms. The van der Waals surface area contributed by atoms with Crippen LogP contribution in [-0.4, -0.2) is 69.6 Å². The summed E-state index contributed by atoms with van der Waals surface area (Å²) in [5.74, 6) is 0.195. The van der Waals surface area contributed by atoms with Gasteiger partial charge in [-0.15, -0.1) is 0 Å². The Labute approximate surface area is 170 Å². The Balaban J connectivity index is 1.90. The van der Waals surface area contributed by atoms with Crippen molar-refractivity contribution in [2.75, 3.05) is 13.2 Å². The lowest BCUT2D eigenvalue weighted by Gasteiger charge is -2.40. The molecule has 1 amide bonds. The predicted octanol–water partition coefficient (Wildman–Crippen LogP) is 2.05. The Morgan fingerprint density at radius 3 is 2.29 bits per heavy atom. The number of aliphatic hydroxyl groups excluding tert-OH is 3. The molecule has 0 aromatic heterocycles. The van der Waals surface area contributed by atoms with E-state index in [9.17, 15) is 20.1 Å². The third-order valence-electron chi connectivity index (χ3n) is 6.71. The molecule has 0 aromatic carbocycles. The Hall–Kier alpha value is -0.690. The largest absolute Gasteiger partial charge is 0.395 e. The topological polar surface area (TPSA) is 93.0 Å². The number of nitrogens with zero attached hydrogens (tertiary/aromatic N) is 1. The van der Waals surface area contributed by atoms with Gasteiger partial charge in [-0.1, -0.05) is 27.7 Å². The van der Waals surface area contributed by atoms with Crippen molar-refractivity contribution < 1.29 is 20.1 Å². The van der Waals surface area contributed by atoms with Gasteiger partial charge >= 0.3 is 0 Å². The summed E-state index contributed by atoms with van der Waals surface area (Å²) in [5.41, 5.74) is 0.112. The number of nitrogens with one attached hydrogen (secondary N) is 1. The first kappa shape index (κ1) is 23.6. The molecular weight excluding hydrogens is 356 g/mol. The number of likely N-dealkylation sites (tertiary alicyclic amines) is 1. The van der Waals surface area contributed by atoms with Crippen molar-refractivity contribution in [2.24, 2.45) is 10.8 Å². The van der Waals surface area contributed by atoms with Crippen LogP contribution in [0.5, 0.6) is 0 Å². The van der Waals surface area contributed by atoms with Gasteiger partial charge in [0.15, 0.2) is 0 Å². The summed E-state index contributed by atoms with van der Waals surface area (Å²) in [4.78, 5) is 14.0. The highest BCUT2D eigenvalue weighted by molar-refractivity contribution is 5.73. The second-order valence-electron chi connectivity index (χ2n) is 10.7. The first-order valence-corrected chi connectivity index (χ1v) is 11.0. The number of piperidine rings is 1. The van der Waals surface area contributed by atoms with Crippen molar-refractivity contribution in [1.29, 1.82) is 0 Å². The van der Waals surface area contributed by atoms with E-state index in [-0.39, 0.29) is 29.4 Å². The molecule has 0 bridgehead atoms. The van der Waals surface area contributed by atoms with Crippen molar-refractivity contribution in [3.8, 4) is 0 Å². The zero-order valence-corrected chi connectivity index (χ0v) is 18.4. The van der Waals surface area contributed by atoms with Crippen LogP contribution in [0.4, 0.5) is 0 Å². The number of hydrogen-bond donors (Lipinski definition) is 4. The smallest absolute Gasteiger partial charge is 0.219 e. The zero-order chi connectivity index (χ0) is 21.1. The van der Waals surface area contributed by atoms with Gasteiger partial charge in [-0.3, -0.25) is 4.79 Å². The Kier molecular flexibility index (Phi) is 7.93. The average molecular weight is 399 g/mol. The SMILES string of the molecule is CC(=O)N1CCCCC1CCC(C)(C)CC(C)(C)CC1NC(CO)C(O)C1O. The Morgan fingerprint density at radius 2 is 1.71 bits per heavy atom. The molecule has 2 saturated heterocycles. The fourth-order valence-corrected chi connectivity index (χ4v) is 5.61. The average Bonchev–Trinajstić information content (AvgIpc) is 2.86. The summed E-state index contributed by atoms with van der Waals surface area (Å²) >= 11 is 0. The Morgan fingerprint density at radius 1 is 1.07 bits per heavy atom. The molecule has 2 heterocycles. The van der Waals surface area contributed by atoms with Crippen molar-refractivity contribution in [2.45, 2.75) is 110 Å². The maximum Gasteiger partial charge on any atom is 0.219 e. The molecule has 2 aliphatic rings. The third-order valence-corrected chi connectivity index (χ3v) is 6.71. The van der Waals surface area contributed by atoms with Gasteiger partial charge in [0.05, 0.1) is 24.9 Å². The van der Waals surface area contributed by atoms with E-state index in [1.807, 2.05) is 0 Å². The number of carbonyl (C=O) groups is 1. The van der Waals surface area contributed by atoms with Gasteiger partial charge < -0.3 is 25.5 Å². The fourth-order valence-electron chi connectivity index (χ4n) is 5.61. The minimum atomic E-state index is -0.914. The van der Waals surface area contributed by atoms with Crippen molar-refractivity contribution in [1.82, 2.24) is 10.2 Å². The summed E-state index contributed by atoms with van der Waals surface area (Å²) < 4.78 is 0. The molecule has 6 heteroatoms. The van der Waals surface area contributed by atoms with Gasteiger partial charge in [0.1, 0.15) is 0 Å². The van der Waals surface area contributed by atoms with Crippen molar-refractivity contribution in [3.63, 3.8) is 0 Å². The normalized spacial score (nSPS) is 32.0. The number of hydrogen-bond acceptors (Lipinski definition) is 5. The van der Waals surface area contributed by atoms with Crippen LogP contribution in [0.25, 0.3) is 0 Å². The van der Waals surface area contributed by atoms with Crippen molar-refractivity contribution >= 4 is 5.91 Å². The zero-order valence-electron chi connectivity index (χ0n) is 18.4. The molecule has 0 spiro atoms. The van der Waals surface area contributed by atoms with E-state index in [1.54, 1.807) is 6.92 Å². The van der Waals surface area contributed by atoms with Gasteiger partial charge in [0.2, 0.25) is 5.91 Å². The number of rotatable bonds is 8. The minimum absolute atomic E-state index is 0.0148.